The second-order valence-electron chi connectivity index (χ2n) is 8.88. The quantitative estimate of drug-likeness (QED) is 0.607. The Hall–Kier alpha value is -2.02. The molecule has 0 bridgehead atoms. The fraction of sp³-hybridized carbons (Fsp3) is 0.625. The molecule has 0 radical (unpaired) electrons. The van der Waals surface area contributed by atoms with E-state index in [1.165, 1.54) is 17.7 Å². The molecule has 1 saturated heterocycles. The van der Waals surface area contributed by atoms with Gasteiger partial charge in [0.1, 0.15) is 11.8 Å². The molecule has 1 N–H and O–H groups in total. The molecule has 6 nitrogen and oxygen atoms in total. The van der Waals surface area contributed by atoms with Gasteiger partial charge in [-0.2, -0.15) is 11.8 Å². The van der Waals surface area contributed by atoms with Crippen LogP contribution in [0.4, 0.5) is 5.69 Å². The number of benzene rings is 1. The minimum atomic E-state index is -0.766. The van der Waals surface area contributed by atoms with Crippen molar-refractivity contribution in [3.05, 3.63) is 24.3 Å². The summed E-state index contributed by atoms with van der Waals surface area (Å²) in [7, 11) is 0. The fourth-order valence-corrected chi connectivity index (χ4v) is 5.63. The first kappa shape index (κ1) is 22.2. The van der Waals surface area contributed by atoms with Gasteiger partial charge in [-0.1, -0.05) is 18.9 Å². The first-order valence-corrected chi connectivity index (χ1v) is 12.9. The number of imide groups is 1. The molecule has 1 heterocycles. The summed E-state index contributed by atoms with van der Waals surface area (Å²) in [5.74, 6) is 0.346. The third kappa shape index (κ3) is 4.92. The van der Waals surface area contributed by atoms with E-state index in [4.69, 9.17) is 4.74 Å². The average Bonchev–Trinajstić information content (AvgIpc) is 3.37. The summed E-state index contributed by atoms with van der Waals surface area (Å²) in [6.07, 6.45) is 10.6. The molecule has 7 heteroatoms. The van der Waals surface area contributed by atoms with Crippen LogP contribution in [0.25, 0.3) is 0 Å². The van der Waals surface area contributed by atoms with E-state index >= 15 is 0 Å². The first-order valence-electron chi connectivity index (χ1n) is 11.5. The fourth-order valence-electron chi connectivity index (χ4n) is 5.17. The average molecular weight is 445 g/mol. The summed E-state index contributed by atoms with van der Waals surface area (Å²) < 4.78 is 6.05. The van der Waals surface area contributed by atoms with E-state index in [2.05, 4.69) is 5.32 Å². The van der Waals surface area contributed by atoms with Crippen molar-refractivity contribution >= 4 is 35.2 Å². The van der Waals surface area contributed by atoms with Gasteiger partial charge in [-0.3, -0.25) is 19.3 Å². The molecule has 1 aromatic carbocycles. The van der Waals surface area contributed by atoms with Gasteiger partial charge in [0.2, 0.25) is 17.7 Å². The van der Waals surface area contributed by atoms with Gasteiger partial charge in [0.15, 0.2) is 0 Å². The number of likely N-dealkylation sites (tertiary alicyclic amines) is 1. The van der Waals surface area contributed by atoms with Crippen LogP contribution in [0.1, 0.15) is 57.8 Å². The van der Waals surface area contributed by atoms with Crippen molar-refractivity contribution in [2.24, 2.45) is 11.8 Å². The molecule has 2 saturated carbocycles. The van der Waals surface area contributed by atoms with Gasteiger partial charge in [-0.25, -0.2) is 0 Å². The number of thioether (sulfide) groups is 1. The van der Waals surface area contributed by atoms with Gasteiger partial charge < -0.3 is 10.1 Å². The maximum Gasteiger partial charge on any atom is 0.247 e. The minimum absolute atomic E-state index is 0.158. The Morgan fingerprint density at radius 1 is 1.10 bits per heavy atom. The number of nitrogens with zero attached hydrogens (tertiary/aromatic N) is 1. The molecule has 31 heavy (non-hydrogen) atoms. The highest BCUT2D eigenvalue weighted by Crippen LogP contribution is 2.39. The molecule has 168 valence electrons. The summed E-state index contributed by atoms with van der Waals surface area (Å²) in [4.78, 5) is 40.6. The molecular weight excluding hydrogens is 412 g/mol. The first-order chi connectivity index (χ1) is 15.1. The van der Waals surface area contributed by atoms with Crippen LogP contribution in [-0.4, -0.2) is 46.8 Å². The number of carbonyl (C=O) groups excluding carboxylic acids is 3. The van der Waals surface area contributed by atoms with Crippen LogP contribution in [0, 0.1) is 11.8 Å². The van der Waals surface area contributed by atoms with E-state index in [-0.39, 0.29) is 35.7 Å². The minimum Gasteiger partial charge on any atom is -0.490 e. The van der Waals surface area contributed by atoms with E-state index in [1.807, 2.05) is 30.5 Å². The Morgan fingerprint density at radius 3 is 2.39 bits per heavy atom. The number of rotatable bonds is 8. The van der Waals surface area contributed by atoms with Crippen molar-refractivity contribution in [1.82, 2.24) is 4.90 Å². The molecule has 3 amide bonds. The Balaban J connectivity index is 1.48. The molecular formula is C24H32N2O4S. The predicted octanol–water partition coefficient (Wildman–Crippen LogP) is 4.24. The largest absolute Gasteiger partial charge is 0.490 e. The van der Waals surface area contributed by atoms with E-state index in [1.54, 1.807) is 11.8 Å². The highest BCUT2D eigenvalue weighted by Gasteiger charge is 2.51. The summed E-state index contributed by atoms with van der Waals surface area (Å²) >= 11 is 1.61. The van der Waals surface area contributed by atoms with Gasteiger partial charge in [-0.05, 0) is 69.1 Å². The number of carbonyl (C=O) groups is 3. The van der Waals surface area contributed by atoms with E-state index in [0.717, 1.165) is 44.3 Å². The van der Waals surface area contributed by atoms with Crippen molar-refractivity contribution in [2.75, 3.05) is 17.3 Å². The SMILES string of the molecule is CSCC[C@H](C(=O)Nc1cccc(OC2CCCC2)c1)N1C(=O)[C@H]2CCCC[C@@H]2C1=O. The van der Waals surface area contributed by atoms with Gasteiger partial charge in [0, 0.05) is 11.8 Å². The smallest absolute Gasteiger partial charge is 0.247 e. The number of anilines is 1. The van der Waals surface area contributed by atoms with Gasteiger partial charge in [0.05, 0.1) is 17.9 Å². The normalized spacial score (nSPS) is 24.9. The molecule has 0 unspecified atom stereocenters. The standard InChI is InChI=1S/C24H32N2O4S/c1-31-14-13-21(26-23(28)19-11-4-5-12-20(19)24(26)29)22(27)25-16-7-6-10-18(15-16)30-17-8-2-3-9-17/h6-7,10,15,17,19-21H,2-5,8-9,11-14H2,1H3,(H,25,27)/t19-,20-,21+/m0/s1. The Labute approximate surface area is 188 Å². The topological polar surface area (TPSA) is 75.7 Å². The summed E-state index contributed by atoms with van der Waals surface area (Å²) in [6, 6.07) is 6.64. The number of hydrogen-bond donors (Lipinski definition) is 1. The number of fused-ring (bicyclic) bond motifs is 1. The third-order valence-corrected chi connectivity index (χ3v) is 7.44. The summed E-state index contributed by atoms with van der Waals surface area (Å²) in [6.45, 7) is 0. The van der Waals surface area contributed by atoms with Crippen molar-refractivity contribution in [3.63, 3.8) is 0 Å². The maximum absolute atomic E-state index is 13.3. The van der Waals surface area contributed by atoms with Crippen molar-refractivity contribution in [1.29, 1.82) is 0 Å². The monoisotopic (exact) mass is 444 g/mol. The lowest BCUT2D eigenvalue weighted by Crippen LogP contribution is -2.48. The second-order valence-corrected chi connectivity index (χ2v) is 9.87. The molecule has 3 atom stereocenters. The zero-order chi connectivity index (χ0) is 21.8. The molecule has 0 aromatic heterocycles. The van der Waals surface area contributed by atoms with Crippen LogP contribution in [0.2, 0.25) is 0 Å². The number of nitrogens with one attached hydrogen (secondary N) is 1. The van der Waals surface area contributed by atoms with Crippen LogP contribution < -0.4 is 10.1 Å². The lowest BCUT2D eigenvalue weighted by Gasteiger charge is -2.26. The Morgan fingerprint density at radius 2 is 1.74 bits per heavy atom. The van der Waals surface area contributed by atoms with Crippen molar-refractivity contribution < 1.29 is 19.1 Å². The lowest BCUT2D eigenvalue weighted by molar-refractivity contribution is -0.146. The summed E-state index contributed by atoms with van der Waals surface area (Å²) in [5.41, 5.74) is 0.631. The van der Waals surface area contributed by atoms with Crippen LogP contribution in [0.3, 0.4) is 0 Å². The lowest BCUT2D eigenvalue weighted by atomic mass is 9.81. The zero-order valence-corrected chi connectivity index (χ0v) is 19.0. The third-order valence-electron chi connectivity index (χ3n) is 6.79. The van der Waals surface area contributed by atoms with Crippen LogP contribution in [0.5, 0.6) is 5.75 Å². The van der Waals surface area contributed by atoms with Crippen LogP contribution in [-0.2, 0) is 14.4 Å². The molecule has 2 aliphatic carbocycles. The molecule has 0 spiro atoms. The molecule has 1 aromatic rings. The van der Waals surface area contributed by atoms with Crippen molar-refractivity contribution in [2.45, 2.75) is 69.9 Å². The molecule has 4 rings (SSSR count). The highest BCUT2D eigenvalue weighted by atomic mass is 32.2. The second kappa shape index (κ2) is 10.1. The Kier molecular flexibility index (Phi) is 7.20. The Bertz CT molecular complexity index is 800. The van der Waals surface area contributed by atoms with Gasteiger partial charge >= 0.3 is 0 Å². The van der Waals surface area contributed by atoms with Gasteiger partial charge in [0.25, 0.3) is 0 Å². The van der Waals surface area contributed by atoms with Crippen LogP contribution >= 0.6 is 11.8 Å². The maximum atomic E-state index is 13.3. The molecule has 3 fully saturated rings. The highest BCUT2D eigenvalue weighted by molar-refractivity contribution is 7.98. The number of amides is 3. The zero-order valence-electron chi connectivity index (χ0n) is 18.2. The van der Waals surface area contributed by atoms with Crippen LogP contribution in [0.15, 0.2) is 24.3 Å². The number of ether oxygens (including phenoxy) is 1. The van der Waals surface area contributed by atoms with E-state index < -0.39 is 6.04 Å². The molecule has 1 aliphatic heterocycles. The van der Waals surface area contributed by atoms with E-state index in [9.17, 15) is 14.4 Å². The van der Waals surface area contributed by atoms with Gasteiger partial charge in [-0.15, -0.1) is 0 Å². The van der Waals surface area contributed by atoms with E-state index in [0.29, 0.717) is 17.9 Å². The predicted molar refractivity (Wildman–Crippen MR) is 122 cm³/mol. The molecule has 3 aliphatic rings. The number of hydrogen-bond acceptors (Lipinski definition) is 5. The summed E-state index contributed by atoms with van der Waals surface area (Å²) in [5, 5.41) is 2.94. The van der Waals surface area contributed by atoms with Crippen molar-refractivity contribution in [3.8, 4) is 5.75 Å².